The summed E-state index contributed by atoms with van der Waals surface area (Å²) in [6, 6.07) is 22.3. The van der Waals surface area contributed by atoms with Crippen LogP contribution in [0.15, 0.2) is 72.3 Å². The van der Waals surface area contributed by atoms with Crippen LogP contribution >= 0.6 is 0 Å². The molecule has 1 heterocycles. The van der Waals surface area contributed by atoms with Gasteiger partial charge in [-0.25, -0.2) is 0 Å². The van der Waals surface area contributed by atoms with Crippen LogP contribution in [0.3, 0.4) is 0 Å². The summed E-state index contributed by atoms with van der Waals surface area (Å²) in [6.07, 6.45) is 12.6. The highest BCUT2D eigenvalue weighted by Gasteiger charge is 2.74. The molecular weight excluding hydrogens is 520 g/mol. The smallest absolute Gasteiger partial charge is 0.261 e. The molecule has 0 bridgehead atoms. The summed E-state index contributed by atoms with van der Waals surface area (Å²) in [5.41, 5.74) is 2.16. The summed E-state index contributed by atoms with van der Waals surface area (Å²) in [5.74, 6) is 2.23. The van der Waals surface area contributed by atoms with Crippen LogP contribution in [0.1, 0.15) is 86.0 Å². The van der Waals surface area contributed by atoms with E-state index in [1.165, 1.54) is 42.5 Å². The molecule has 41 heavy (non-hydrogen) atoms. The molecule has 2 aromatic rings. The fourth-order valence-electron chi connectivity index (χ4n) is 10.8. The minimum Gasteiger partial charge on any atom is -0.404 e. The first-order valence-corrected chi connectivity index (χ1v) is 18.3. The van der Waals surface area contributed by atoms with Crippen LogP contribution in [-0.2, 0) is 9.16 Å². The Hall–Kier alpha value is -1.72. The van der Waals surface area contributed by atoms with E-state index in [-0.39, 0.29) is 40.3 Å². The summed E-state index contributed by atoms with van der Waals surface area (Å²) in [6.45, 7) is 12.5. The second-order valence-corrected chi connectivity index (χ2v) is 19.8. The topological polar surface area (TPSA) is 42.0 Å². The third-order valence-corrected chi connectivity index (χ3v) is 18.1. The lowest BCUT2D eigenvalue weighted by Crippen LogP contribution is -2.68. The van der Waals surface area contributed by atoms with E-state index in [9.17, 15) is 5.11 Å². The van der Waals surface area contributed by atoms with Crippen molar-refractivity contribution in [2.45, 2.75) is 109 Å². The molecule has 4 fully saturated rings. The zero-order valence-electron chi connectivity index (χ0n) is 25.9. The Kier molecular flexibility index (Phi) is 6.60. The number of allylic oxidation sites excluding steroid dienone is 1. The van der Waals surface area contributed by atoms with Crippen LogP contribution in [0.2, 0.25) is 5.04 Å². The third-order valence-electron chi connectivity index (χ3n) is 13.0. The molecule has 1 spiro atoms. The normalized spacial score (nSPS) is 40.0. The van der Waals surface area contributed by atoms with Crippen molar-refractivity contribution >= 4 is 18.7 Å². The molecule has 220 valence electrons. The van der Waals surface area contributed by atoms with E-state index in [0.717, 1.165) is 37.0 Å². The SMILES string of the molecule is CC(C)(C)[Si](O[C@H]1CC[C@@]2(C)C(=CCC3C2CC[C@@]2(C)C3CC[C@]23OC3CO)C1)(c1ccccc1)c1ccccc1. The van der Waals surface area contributed by atoms with E-state index in [1.807, 2.05) is 0 Å². The minimum atomic E-state index is -2.56. The lowest BCUT2D eigenvalue weighted by molar-refractivity contribution is -0.0549. The third kappa shape index (κ3) is 3.93. The number of aliphatic hydroxyl groups excluding tert-OH is 1. The Bertz CT molecular complexity index is 1260. The number of hydrogen-bond acceptors (Lipinski definition) is 3. The molecule has 4 heteroatoms. The predicted octanol–water partition coefficient (Wildman–Crippen LogP) is 7.02. The molecule has 0 aromatic heterocycles. The van der Waals surface area contributed by atoms with Crippen LogP contribution in [0.25, 0.3) is 0 Å². The molecule has 5 aliphatic rings. The Morgan fingerprint density at radius 1 is 0.878 bits per heavy atom. The first-order valence-electron chi connectivity index (χ1n) is 16.4. The summed E-state index contributed by atoms with van der Waals surface area (Å²) >= 11 is 0. The molecule has 8 atom stereocenters. The van der Waals surface area contributed by atoms with E-state index in [4.69, 9.17) is 9.16 Å². The van der Waals surface area contributed by atoms with Gasteiger partial charge in [-0.2, -0.15) is 0 Å². The van der Waals surface area contributed by atoms with Gasteiger partial charge in [-0.05, 0) is 89.9 Å². The van der Waals surface area contributed by atoms with Crippen LogP contribution in [0.5, 0.6) is 0 Å². The Balaban J connectivity index is 1.18. The zero-order valence-corrected chi connectivity index (χ0v) is 26.9. The second kappa shape index (κ2) is 9.64. The van der Waals surface area contributed by atoms with Gasteiger partial charge in [0.05, 0.1) is 6.61 Å². The standard InChI is InChI=1S/C37H50O3Si/c1-34(2,3)41(28-12-8-6-9-13-28,29-14-10-7-11-15-29)40-27-18-21-35(4)26(24-27)16-17-30-31(35)19-22-36(5)32(30)20-23-37(36)33(25-38)39-37/h6-16,27,30-33,38H,17-25H2,1-5H3/t27-,30?,31?,32?,33?,35-,36-,37+/m0/s1. The number of rotatable bonds is 5. The molecule has 1 aliphatic heterocycles. The molecule has 3 saturated carbocycles. The van der Waals surface area contributed by atoms with Gasteiger partial charge < -0.3 is 14.3 Å². The Morgan fingerprint density at radius 2 is 1.51 bits per heavy atom. The van der Waals surface area contributed by atoms with Crippen molar-refractivity contribution in [3.05, 3.63) is 72.3 Å². The van der Waals surface area contributed by atoms with Gasteiger partial charge in [0.1, 0.15) is 11.7 Å². The van der Waals surface area contributed by atoms with Gasteiger partial charge >= 0.3 is 0 Å². The van der Waals surface area contributed by atoms with Gasteiger partial charge in [0, 0.05) is 11.5 Å². The van der Waals surface area contributed by atoms with E-state index >= 15 is 0 Å². The van der Waals surface area contributed by atoms with E-state index in [0.29, 0.717) is 0 Å². The van der Waals surface area contributed by atoms with Gasteiger partial charge in [-0.1, -0.05) is 107 Å². The fraction of sp³-hybridized carbons (Fsp3) is 0.622. The first kappa shape index (κ1) is 28.1. The molecule has 2 aromatic carbocycles. The van der Waals surface area contributed by atoms with Crippen molar-refractivity contribution in [2.75, 3.05) is 6.61 Å². The highest BCUT2D eigenvalue weighted by Crippen LogP contribution is 2.72. The van der Waals surface area contributed by atoms with Crippen LogP contribution in [-0.4, -0.2) is 37.8 Å². The largest absolute Gasteiger partial charge is 0.404 e. The molecule has 4 unspecified atom stereocenters. The molecule has 1 saturated heterocycles. The number of aliphatic hydroxyl groups is 1. The minimum absolute atomic E-state index is 0.00602. The average molecular weight is 571 g/mol. The zero-order chi connectivity index (χ0) is 28.7. The molecule has 0 amide bonds. The summed E-state index contributed by atoms with van der Waals surface area (Å²) in [4.78, 5) is 0. The van der Waals surface area contributed by atoms with Crippen LogP contribution < -0.4 is 10.4 Å². The molecule has 0 radical (unpaired) electrons. The van der Waals surface area contributed by atoms with Gasteiger partial charge in [0.15, 0.2) is 0 Å². The predicted molar refractivity (Wildman–Crippen MR) is 169 cm³/mol. The van der Waals surface area contributed by atoms with Crippen molar-refractivity contribution in [3.8, 4) is 0 Å². The second-order valence-electron chi connectivity index (χ2n) is 15.6. The maximum atomic E-state index is 9.92. The van der Waals surface area contributed by atoms with Crippen LogP contribution in [0, 0.1) is 28.6 Å². The van der Waals surface area contributed by atoms with E-state index in [2.05, 4.69) is 101 Å². The fourth-order valence-corrected chi connectivity index (χ4v) is 15.5. The first-order chi connectivity index (χ1) is 19.6. The maximum absolute atomic E-state index is 9.92. The maximum Gasteiger partial charge on any atom is 0.261 e. The Morgan fingerprint density at radius 3 is 2.10 bits per heavy atom. The van der Waals surface area contributed by atoms with Crippen molar-refractivity contribution in [2.24, 2.45) is 28.6 Å². The molecule has 3 nitrogen and oxygen atoms in total. The average Bonchev–Trinajstić information content (AvgIpc) is 3.62. The number of hydrogen-bond donors (Lipinski definition) is 1. The number of benzene rings is 2. The lowest BCUT2D eigenvalue weighted by atomic mass is 9.47. The number of fused-ring (bicyclic) bond motifs is 6. The van der Waals surface area contributed by atoms with Crippen molar-refractivity contribution in [3.63, 3.8) is 0 Å². The lowest BCUT2D eigenvalue weighted by Gasteiger charge is -2.58. The van der Waals surface area contributed by atoms with Crippen molar-refractivity contribution < 1.29 is 14.3 Å². The van der Waals surface area contributed by atoms with Crippen molar-refractivity contribution in [1.29, 1.82) is 0 Å². The van der Waals surface area contributed by atoms with Crippen LogP contribution in [0.4, 0.5) is 0 Å². The highest BCUT2D eigenvalue weighted by molar-refractivity contribution is 6.99. The van der Waals surface area contributed by atoms with E-state index in [1.54, 1.807) is 5.57 Å². The van der Waals surface area contributed by atoms with Crippen molar-refractivity contribution in [1.82, 2.24) is 0 Å². The highest BCUT2D eigenvalue weighted by atomic mass is 28.4. The van der Waals surface area contributed by atoms with Gasteiger partial charge in [0.25, 0.3) is 8.32 Å². The quantitative estimate of drug-likeness (QED) is 0.239. The van der Waals surface area contributed by atoms with Gasteiger partial charge in [-0.3, -0.25) is 0 Å². The summed E-state index contributed by atoms with van der Waals surface area (Å²) in [7, 11) is -2.56. The summed E-state index contributed by atoms with van der Waals surface area (Å²) in [5, 5.41) is 12.7. The van der Waals surface area contributed by atoms with Gasteiger partial charge in [0.2, 0.25) is 0 Å². The molecule has 7 rings (SSSR count). The van der Waals surface area contributed by atoms with E-state index < -0.39 is 8.32 Å². The molecular formula is C37H50O3Si. The Labute approximate surface area is 248 Å². The van der Waals surface area contributed by atoms with Gasteiger partial charge in [-0.15, -0.1) is 0 Å². The monoisotopic (exact) mass is 570 g/mol. The molecule has 4 aliphatic carbocycles. The number of ether oxygens (including phenoxy) is 1. The molecule has 1 N–H and O–H groups in total. The number of epoxide rings is 1. The summed E-state index contributed by atoms with van der Waals surface area (Å²) < 4.78 is 13.9.